The van der Waals surface area contributed by atoms with Crippen LogP contribution < -0.4 is 0 Å². The van der Waals surface area contributed by atoms with E-state index in [1.54, 1.807) is 0 Å². The molecule has 10 heavy (non-hydrogen) atoms. The van der Waals surface area contributed by atoms with E-state index in [2.05, 4.69) is 9.97 Å². The normalized spacial score (nSPS) is 9.30. The standard InChI is InChI=1S/C5H3FN2O2/c6-4-3(5(9)10)1-7-2-8-4/h1-2H,(H,9,10). The highest BCUT2D eigenvalue weighted by Crippen LogP contribution is 1.99. The van der Waals surface area contributed by atoms with Crippen LogP contribution in [0.15, 0.2) is 12.5 Å². The molecule has 0 atom stereocenters. The van der Waals surface area contributed by atoms with Gasteiger partial charge in [-0.3, -0.25) is 0 Å². The minimum absolute atomic E-state index is 0.512. The molecule has 1 aromatic rings. The van der Waals surface area contributed by atoms with Gasteiger partial charge in [-0.15, -0.1) is 0 Å². The second kappa shape index (κ2) is 2.38. The third-order valence-corrected chi connectivity index (χ3v) is 0.894. The van der Waals surface area contributed by atoms with Gasteiger partial charge in [0.05, 0.1) is 0 Å². The fraction of sp³-hybridized carbons (Fsp3) is 0. The molecule has 1 heterocycles. The number of halogens is 1. The summed E-state index contributed by atoms with van der Waals surface area (Å²) in [5.74, 6) is -2.37. The van der Waals surface area contributed by atoms with Gasteiger partial charge in [-0.05, 0) is 0 Å². The molecule has 1 rings (SSSR count). The Bertz CT molecular complexity index is 264. The number of nitrogens with zero attached hydrogens (tertiary/aromatic N) is 2. The van der Waals surface area contributed by atoms with Gasteiger partial charge in [-0.2, -0.15) is 4.39 Å². The maximum absolute atomic E-state index is 12.3. The number of hydrogen-bond donors (Lipinski definition) is 1. The number of carbonyl (C=O) groups is 1. The topological polar surface area (TPSA) is 63.1 Å². The molecule has 5 heteroatoms. The van der Waals surface area contributed by atoms with E-state index < -0.39 is 17.5 Å². The van der Waals surface area contributed by atoms with E-state index in [1.165, 1.54) is 0 Å². The summed E-state index contributed by atoms with van der Waals surface area (Å²) in [6, 6.07) is 0. The molecule has 0 amide bonds. The van der Waals surface area contributed by atoms with Gasteiger partial charge in [0.1, 0.15) is 11.9 Å². The maximum Gasteiger partial charge on any atom is 0.341 e. The SMILES string of the molecule is O=C(O)c1cncnc1F. The second-order valence-corrected chi connectivity index (χ2v) is 1.53. The Kier molecular flexibility index (Phi) is 1.57. The lowest BCUT2D eigenvalue weighted by Gasteiger charge is -1.91. The van der Waals surface area contributed by atoms with Gasteiger partial charge >= 0.3 is 5.97 Å². The lowest BCUT2D eigenvalue weighted by atomic mass is 10.3. The average molecular weight is 142 g/mol. The van der Waals surface area contributed by atoms with Crippen LogP contribution >= 0.6 is 0 Å². The predicted octanol–water partition coefficient (Wildman–Crippen LogP) is 0.314. The fourth-order valence-corrected chi connectivity index (χ4v) is 0.458. The number of hydrogen-bond acceptors (Lipinski definition) is 3. The maximum atomic E-state index is 12.3. The lowest BCUT2D eigenvalue weighted by Crippen LogP contribution is -2.02. The number of aromatic carboxylic acids is 1. The Morgan fingerprint density at radius 1 is 1.70 bits per heavy atom. The number of carboxylic acids is 1. The van der Waals surface area contributed by atoms with Gasteiger partial charge in [-0.1, -0.05) is 0 Å². The predicted molar refractivity (Wildman–Crippen MR) is 28.9 cm³/mol. The van der Waals surface area contributed by atoms with Crippen LogP contribution in [-0.2, 0) is 0 Å². The van der Waals surface area contributed by atoms with Crippen molar-refractivity contribution in [3.63, 3.8) is 0 Å². The van der Waals surface area contributed by atoms with Crippen molar-refractivity contribution in [2.45, 2.75) is 0 Å². The van der Waals surface area contributed by atoms with E-state index in [9.17, 15) is 9.18 Å². The van der Waals surface area contributed by atoms with Gasteiger partial charge in [0.2, 0.25) is 5.95 Å². The lowest BCUT2D eigenvalue weighted by molar-refractivity contribution is 0.0690. The van der Waals surface area contributed by atoms with Crippen LogP contribution in [0, 0.1) is 5.95 Å². The van der Waals surface area contributed by atoms with Gasteiger partial charge in [0.25, 0.3) is 0 Å². The zero-order valence-electron chi connectivity index (χ0n) is 4.78. The highest BCUT2D eigenvalue weighted by molar-refractivity contribution is 5.86. The third kappa shape index (κ3) is 1.07. The molecule has 0 fully saturated rings. The Labute approximate surface area is 55.4 Å². The molecule has 0 aliphatic carbocycles. The van der Waals surface area contributed by atoms with Crippen LogP contribution in [-0.4, -0.2) is 21.0 Å². The molecule has 1 N–H and O–H groups in total. The number of carboxylic acid groups (broad SMARTS) is 1. The summed E-state index contributed by atoms with van der Waals surface area (Å²) in [5.41, 5.74) is -0.512. The van der Waals surface area contributed by atoms with Gasteiger partial charge < -0.3 is 5.11 Å². The number of rotatable bonds is 1. The highest BCUT2D eigenvalue weighted by Gasteiger charge is 2.09. The molecular formula is C5H3FN2O2. The third-order valence-electron chi connectivity index (χ3n) is 0.894. The molecule has 1 aromatic heterocycles. The summed E-state index contributed by atoms with van der Waals surface area (Å²) in [6.45, 7) is 0. The zero-order valence-corrected chi connectivity index (χ0v) is 4.78. The Balaban J connectivity index is 3.15. The molecule has 0 aromatic carbocycles. The van der Waals surface area contributed by atoms with Crippen molar-refractivity contribution in [1.29, 1.82) is 0 Å². The Morgan fingerprint density at radius 2 is 2.40 bits per heavy atom. The van der Waals surface area contributed by atoms with E-state index in [0.29, 0.717) is 0 Å². The molecule has 0 unspecified atom stereocenters. The average Bonchev–Trinajstić information content (AvgIpc) is 1.88. The van der Waals surface area contributed by atoms with E-state index in [-0.39, 0.29) is 0 Å². The summed E-state index contributed by atoms with van der Waals surface area (Å²) >= 11 is 0. The van der Waals surface area contributed by atoms with Gasteiger partial charge in [0.15, 0.2) is 0 Å². The molecule has 0 aliphatic rings. The molecule has 0 bridgehead atoms. The molecule has 4 nitrogen and oxygen atoms in total. The zero-order chi connectivity index (χ0) is 7.56. The molecule has 0 saturated heterocycles. The van der Waals surface area contributed by atoms with Crippen LogP contribution in [0.2, 0.25) is 0 Å². The molecule has 0 saturated carbocycles. The summed E-state index contributed by atoms with van der Waals surface area (Å²) in [4.78, 5) is 16.5. The summed E-state index contributed by atoms with van der Waals surface area (Å²) < 4.78 is 12.3. The van der Waals surface area contributed by atoms with Crippen molar-refractivity contribution in [3.8, 4) is 0 Å². The summed E-state index contributed by atoms with van der Waals surface area (Å²) in [7, 11) is 0. The van der Waals surface area contributed by atoms with Crippen molar-refractivity contribution in [3.05, 3.63) is 24.0 Å². The van der Waals surface area contributed by atoms with Crippen LogP contribution in [0.3, 0.4) is 0 Å². The largest absolute Gasteiger partial charge is 0.477 e. The summed E-state index contributed by atoms with van der Waals surface area (Å²) in [5, 5.41) is 8.25. The Hall–Kier alpha value is -1.52. The molecular weight excluding hydrogens is 139 g/mol. The van der Waals surface area contributed by atoms with E-state index in [4.69, 9.17) is 5.11 Å². The van der Waals surface area contributed by atoms with Crippen molar-refractivity contribution < 1.29 is 14.3 Å². The number of aromatic nitrogens is 2. The molecule has 52 valence electrons. The van der Waals surface area contributed by atoms with Crippen LogP contribution in [0.4, 0.5) is 4.39 Å². The van der Waals surface area contributed by atoms with Crippen molar-refractivity contribution in [2.75, 3.05) is 0 Å². The molecule has 0 radical (unpaired) electrons. The minimum atomic E-state index is -1.36. The van der Waals surface area contributed by atoms with Crippen molar-refractivity contribution in [1.82, 2.24) is 9.97 Å². The van der Waals surface area contributed by atoms with Crippen LogP contribution in [0.25, 0.3) is 0 Å². The minimum Gasteiger partial charge on any atom is -0.477 e. The first kappa shape index (κ1) is 6.60. The Morgan fingerprint density at radius 3 is 2.80 bits per heavy atom. The highest BCUT2D eigenvalue weighted by atomic mass is 19.1. The van der Waals surface area contributed by atoms with Crippen molar-refractivity contribution >= 4 is 5.97 Å². The van der Waals surface area contributed by atoms with E-state index >= 15 is 0 Å². The van der Waals surface area contributed by atoms with E-state index in [0.717, 1.165) is 12.5 Å². The second-order valence-electron chi connectivity index (χ2n) is 1.53. The fourth-order valence-electron chi connectivity index (χ4n) is 0.458. The van der Waals surface area contributed by atoms with Crippen LogP contribution in [0.5, 0.6) is 0 Å². The molecule has 0 aliphatic heterocycles. The first-order valence-corrected chi connectivity index (χ1v) is 2.40. The first-order chi connectivity index (χ1) is 4.72. The first-order valence-electron chi connectivity index (χ1n) is 2.40. The quantitative estimate of drug-likeness (QED) is 0.573. The van der Waals surface area contributed by atoms with Gasteiger partial charge in [-0.25, -0.2) is 14.8 Å². The smallest absolute Gasteiger partial charge is 0.341 e. The van der Waals surface area contributed by atoms with Gasteiger partial charge in [0, 0.05) is 6.20 Å². The van der Waals surface area contributed by atoms with E-state index in [1.807, 2.05) is 0 Å². The summed E-state index contributed by atoms with van der Waals surface area (Å²) in [6.07, 6.45) is 1.85. The monoisotopic (exact) mass is 142 g/mol. The van der Waals surface area contributed by atoms with Crippen LogP contribution in [0.1, 0.15) is 10.4 Å². The molecule has 0 spiro atoms. The van der Waals surface area contributed by atoms with Crippen molar-refractivity contribution in [2.24, 2.45) is 0 Å².